The van der Waals surface area contributed by atoms with Crippen LogP contribution >= 0.6 is 0 Å². The third-order valence-corrected chi connectivity index (χ3v) is 6.75. The number of sulfonamides is 1. The van der Waals surface area contributed by atoms with Crippen molar-refractivity contribution in [2.75, 3.05) is 26.2 Å². The second-order valence-electron chi connectivity index (χ2n) is 7.46. The van der Waals surface area contributed by atoms with Crippen LogP contribution in [-0.4, -0.2) is 49.7 Å². The van der Waals surface area contributed by atoms with Crippen molar-refractivity contribution in [1.82, 2.24) is 9.21 Å². The molecular formula is C24H23FN2O5S. The maximum absolute atomic E-state index is 13.0. The van der Waals surface area contributed by atoms with Gasteiger partial charge >= 0.3 is 0 Å². The lowest BCUT2D eigenvalue weighted by atomic mass is 10.2. The summed E-state index contributed by atoms with van der Waals surface area (Å²) in [7, 11) is -3.58. The van der Waals surface area contributed by atoms with E-state index in [0.29, 0.717) is 11.5 Å². The van der Waals surface area contributed by atoms with E-state index in [9.17, 15) is 17.6 Å². The number of nitrogens with zero attached hydrogens (tertiary/aromatic N) is 2. The van der Waals surface area contributed by atoms with Gasteiger partial charge in [-0.2, -0.15) is 4.31 Å². The van der Waals surface area contributed by atoms with Crippen molar-refractivity contribution < 1.29 is 26.8 Å². The summed E-state index contributed by atoms with van der Waals surface area (Å²) in [5.74, 6) is 0.440. The van der Waals surface area contributed by atoms with E-state index in [1.54, 1.807) is 23.1 Å². The minimum Gasteiger partial charge on any atom is -0.486 e. The Hall–Kier alpha value is -3.43. The molecule has 0 unspecified atom stereocenters. The SMILES string of the molecule is O=C(c1ccc(COc2ccc(F)cc2)o1)N1CCN(S(=O)(=O)/C=C/c2ccccc2)CC1. The van der Waals surface area contributed by atoms with Crippen LogP contribution in [0.3, 0.4) is 0 Å². The van der Waals surface area contributed by atoms with Crippen LogP contribution in [0.1, 0.15) is 21.9 Å². The number of furan rings is 1. The van der Waals surface area contributed by atoms with E-state index in [0.717, 1.165) is 5.56 Å². The Bertz CT molecular complexity index is 1220. The predicted octanol–water partition coefficient (Wildman–Crippen LogP) is 3.76. The molecule has 0 aliphatic carbocycles. The first-order chi connectivity index (χ1) is 15.9. The van der Waals surface area contributed by atoms with Crippen LogP contribution in [0, 0.1) is 5.82 Å². The average Bonchev–Trinajstić information content (AvgIpc) is 3.32. The van der Waals surface area contributed by atoms with Crippen LogP contribution in [0.5, 0.6) is 5.75 Å². The third-order valence-electron chi connectivity index (χ3n) is 5.18. The molecule has 9 heteroatoms. The summed E-state index contributed by atoms with van der Waals surface area (Å²) in [5.41, 5.74) is 0.798. The van der Waals surface area contributed by atoms with E-state index < -0.39 is 10.0 Å². The third kappa shape index (κ3) is 5.88. The highest BCUT2D eigenvalue weighted by molar-refractivity contribution is 7.92. The van der Waals surface area contributed by atoms with Crippen LogP contribution < -0.4 is 4.74 Å². The Labute approximate surface area is 191 Å². The summed E-state index contributed by atoms with van der Waals surface area (Å²) < 4.78 is 50.6. The highest BCUT2D eigenvalue weighted by Crippen LogP contribution is 2.18. The number of carbonyl (C=O) groups excluding carboxylic acids is 1. The molecule has 1 aliphatic heterocycles. The fourth-order valence-corrected chi connectivity index (χ4v) is 4.55. The van der Waals surface area contributed by atoms with Crippen LogP contribution in [0.2, 0.25) is 0 Å². The number of piperazine rings is 1. The highest BCUT2D eigenvalue weighted by atomic mass is 32.2. The molecule has 7 nitrogen and oxygen atoms in total. The van der Waals surface area contributed by atoms with Gasteiger partial charge in [-0.05, 0) is 48.0 Å². The normalized spacial score (nSPS) is 15.1. The van der Waals surface area contributed by atoms with Gasteiger partial charge in [0, 0.05) is 31.6 Å². The molecule has 1 aromatic heterocycles. The highest BCUT2D eigenvalue weighted by Gasteiger charge is 2.29. The standard InChI is InChI=1S/C24H23FN2O5S/c25-20-6-8-21(9-7-20)31-18-22-10-11-23(32-22)24(28)26-13-15-27(16-14-26)33(29,30)17-12-19-4-2-1-3-5-19/h1-12,17H,13-16,18H2/b17-12+. The Morgan fingerprint density at radius 1 is 0.970 bits per heavy atom. The molecule has 0 saturated carbocycles. The van der Waals surface area contributed by atoms with Gasteiger partial charge in [-0.3, -0.25) is 4.79 Å². The van der Waals surface area contributed by atoms with Gasteiger partial charge in [-0.1, -0.05) is 30.3 Å². The number of hydrogen-bond donors (Lipinski definition) is 0. The number of halogens is 1. The molecule has 1 amide bonds. The van der Waals surface area contributed by atoms with Gasteiger partial charge in [-0.25, -0.2) is 12.8 Å². The molecule has 33 heavy (non-hydrogen) atoms. The van der Waals surface area contributed by atoms with Gasteiger partial charge in [0.2, 0.25) is 10.0 Å². The van der Waals surface area contributed by atoms with Gasteiger partial charge in [0.05, 0.1) is 0 Å². The molecule has 0 radical (unpaired) electrons. The zero-order valence-corrected chi connectivity index (χ0v) is 18.6. The van der Waals surface area contributed by atoms with Crippen LogP contribution in [0.4, 0.5) is 4.39 Å². The van der Waals surface area contributed by atoms with Gasteiger partial charge in [0.25, 0.3) is 5.91 Å². The van der Waals surface area contributed by atoms with Gasteiger partial charge in [0.15, 0.2) is 5.76 Å². The summed E-state index contributed by atoms with van der Waals surface area (Å²) in [6, 6.07) is 18.0. The Morgan fingerprint density at radius 3 is 2.36 bits per heavy atom. The topological polar surface area (TPSA) is 80.1 Å². The zero-order chi connectivity index (χ0) is 23.3. The molecule has 2 heterocycles. The Kier molecular flexibility index (Phi) is 6.90. The molecule has 1 aliphatic rings. The fourth-order valence-electron chi connectivity index (χ4n) is 3.37. The average molecular weight is 471 g/mol. The molecule has 0 spiro atoms. The largest absolute Gasteiger partial charge is 0.486 e. The van der Waals surface area contributed by atoms with Crippen molar-refractivity contribution in [2.24, 2.45) is 0 Å². The van der Waals surface area contributed by atoms with Crippen molar-refractivity contribution in [3.8, 4) is 5.75 Å². The van der Waals surface area contributed by atoms with E-state index >= 15 is 0 Å². The number of rotatable bonds is 7. The number of amides is 1. The molecule has 2 aromatic carbocycles. The lowest BCUT2D eigenvalue weighted by molar-refractivity contribution is 0.0662. The summed E-state index contributed by atoms with van der Waals surface area (Å²) in [5, 5.41) is 1.19. The van der Waals surface area contributed by atoms with Crippen molar-refractivity contribution in [3.05, 3.63) is 95.0 Å². The first kappa shape index (κ1) is 22.8. The minimum atomic E-state index is -3.58. The minimum absolute atomic E-state index is 0.0959. The van der Waals surface area contributed by atoms with Crippen molar-refractivity contribution >= 4 is 22.0 Å². The van der Waals surface area contributed by atoms with Gasteiger partial charge in [-0.15, -0.1) is 0 Å². The number of hydrogen-bond acceptors (Lipinski definition) is 5. The summed E-state index contributed by atoms with van der Waals surface area (Å²) >= 11 is 0. The zero-order valence-electron chi connectivity index (χ0n) is 17.8. The number of ether oxygens (including phenoxy) is 1. The number of benzene rings is 2. The van der Waals surface area contributed by atoms with E-state index in [4.69, 9.17) is 9.15 Å². The van der Waals surface area contributed by atoms with Crippen LogP contribution in [-0.2, 0) is 16.6 Å². The van der Waals surface area contributed by atoms with Crippen molar-refractivity contribution in [1.29, 1.82) is 0 Å². The first-order valence-corrected chi connectivity index (χ1v) is 11.9. The maximum atomic E-state index is 13.0. The van der Waals surface area contributed by atoms with Crippen molar-refractivity contribution in [2.45, 2.75) is 6.61 Å². The summed E-state index contributed by atoms with van der Waals surface area (Å²) in [6.07, 6.45) is 1.56. The molecule has 0 atom stereocenters. The Morgan fingerprint density at radius 2 is 1.67 bits per heavy atom. The smallest absolute Gasteiger partial charge is 0.289 e. The monoisotopic (exact) mass is 470 g/mol. The first-order valence-electron chi connectivity index (χ1n) is 10.4. The molecule has 1 fully saturated rings. The molecule has 0 bridgehead atoms. The fraction of sp³-hybridized carbons (Fsp3) is 0.208. The lowest BCUT2D eigenvalue weighted by Crippen LogP contribution is -2.50. The predicted molar refractivity (Wildman–Crippen MR) is 121 cm³/mol. The van der Waals surface area contributed by atoms with Gasteiger partial charge in [0.1, 0.15) is 23.9 Å². The summed E-state index contributed by atoms with van der Waals surface area (Å²) in [6.45, 7) is 1.03. The molecule has 1 saturated heterocycles. The summed E-state index contributed by atoms with van der Waals surface area (Å²) in [4.78, 5) is 14.3. The molecule has 0 N–H and O–H groups in total. The molecular weight excluding hydrogens is 447 g/mol. The Balaban J connectivity index is 1.30. The second-order valence-corrected chi connectivity index (χ2v) is 9.28. The quantitative estimate of drug-likeness (QED) is 0.525. The van der Waals surface area contributed by atoms with Crippen LogP contribution in [0.15, 0.2) is 76.6 Å². The molecule has 172 valence electrons. The maximum Gasteiger partial charge on any atom is 0.289 e. The molecule has 3 aromatic rings. The lowest BCUT2D eigenvalue weighted by Gasteiger charge is -2.32. The van der Waals surface area contributed by atoms with E-state index in [-0.39, 0.29) is 50.3 Å². The van der Waals surface area contributed by atoms with Gasteiger partial charge < -0.3 is 14.1 Å². The second kappa shape index (κ2) is 10.0. The molecule has 4 rings (SSSR count). The van der Waals surface area contributed by atoms with E-state index in [1.807, 2.05) is 30.3 Å². The van der Waals surface area contributed by atoms with E-state index in [1.165, 1.54) is 34.0 Å². The number of carbonyl (C=O) groups is 1. The van der Waals surface area contributed by atoms with Crippen LogP contribution in [0.25, 0.3) is 6.08 Å². The van der Waals surface area contributed by atoms with E-state index in [2.05, 4.69) is 0 Å². The van der Waals surface area contributed by atoms with Crippen molar-refractivity contribution in [3.63, 3.8) is 0 Å².